The number of hydrogen-bond acceptors (Lipinski definition) is 6. The number of likely N-dealkylation sites (tertiary alicyclic amines) is 1. The molecule has 34 heavy (non-hydrogen) atoms. The molecule has 3 aliphatic rings. The van der Waals surface area contributed by atoms with Gasteiger partial charge in [-0.15, -0.1) is 10.2 Å². The van der Waals surface area contributed by atoms with Crippen molar-refractivity contribution >= 4 is 16.7 Å². The van der Waals surface area contributed by atoms with Gasteiger partial charge >= 0.3 is 0 Å². The van der Waals surface area contributed by atoms with Gasteiger partial charge in [0.05, 0.1) is 11.2 Å². The van der Waals surface area contributed by atoms with Gasteiger partial charge in [-0.2, -0.15) is 5.10 Å². The maximum absolute atomic E-state index is 5.53. The van der Waals surface area contributed by atoms with Crippen LogP contribution < -0.4 is 5.32 Å². The van der Waals surface area contributed by atoms with E-state index in [0.717, 1.165) is 59.1 Å². The van der Waals surface area contributed by atoms with E-state index in [9.17, 15) is 0 Å². The molecule has 0 bridgehead atoms. The highest BCUT2D eigenvalue weighted by Crippen LogP contribution is 2.40. The fraction of sp³-hybridized carbons (Fsp3) is 0.593. The van der Waals surface area contributed by atoms with Crippen molar-refractivity contribution in [2.45, 2.75) is 45.6 Å². The second kappa shape index (κ2) is 8.93. The van der Waals surface area contributed by atoms with Crippen LogP contribution >= 0.6 is 0 Å². The smallest absolute Gasteiger partial charge is 0.149 e. The van der Waals surface area contributed by atoms with Crippen LogP contribution in [0.1, 0.15) is 36.8 Å². The van der Waals surface area contributed by atoms with Crippen molar-refractivity contribution in [2.24, 2.45) is 24.8 Å². The zero-order valence-corrected chi connectivity index (χ0v) is 20.6. The first-order valence-corrected chi connectivity index (χ1v) is 12.9. The van der Waals surface area contributed by atoms with Crippen molar-refractivity contribution in [3.63, 3.8) is 0 Å². The van der Waals surface area contributed by atoms with E-state index in [0.29, 0.717) is 6.04 Å². The summed E-state index contributed by atoms with van der Waals surface area (Å²) < 4.78 is 7.40. The van der Waals surface area contributed by atoms with Crippen LogP contribution in [0, 0.1) is 31.6 Å². The van der Waals surface area contributed by atoms with E-state index < -0.39 is 0 Å². The Hall–Kier alpha value is -2.51. The van der Waals surface area contributed by atoms with Crippen LogP contribution in [-0.4, -0.2) is 63.8 Å². The molecule has 3 atom stereocenters. The Bertz CT molecular complexity index is 1170. The average Bonchev–Trinajstić information content (AvgIpc) is 3.48. The summed E-state index contributed by atoms with van der Waals surface area (Å²) in [4.78, 5) is 2.72. The van der Waals surface area contributed by atoms with Gasteiger partial charge in [0.15, 0.2) is 0 Å². The lowest BCUT2D eigenvalue weighted by atomic mass is 9.99. The Labute approximate surface area is 201 Å². The lowest BCUT2D eigenvalue weighted by Crippen LogP contribution is -2.32. The van der Waals surface area contributed by atoms with Crippen LogP contribution in [0.4, 0.5) is 5.82 Å². The predicted octanol–water partition coefficient (Wildman–Crippen LogP) is 4.20. The molecule has 1 N–H and O–H groups in total. The SMILES string of the molecule is Cc1cc(NC2CC3CN(CC4CCOCC4)C[C@H]3C2)nnc1-c1ccc2nn(C)cc2c1C. The van der Waals surface area contributed by atoms with E-state index in [4.69, 9.17) is 4.74 Å². The molecule has 2 saturated heterocycles. The van der Waals surface area contributed by atoms with Gasteiger partial charge in [0, 0.05) is 63.1 Å². The minimum absolute atomic E-state index is 0.508. The molecule has 180 valence electrons. The summed E-state index contributed by atoms with van der Waals surface area (Å²) in [6.45, 7) is 9.99. The number of hydrogen-bond donors (Lipinski definition) is 1. The highest BCUT2D eigenvalue weighted by Gasteiger charge is 2.41. The van der Waals surface area contributed by atoms with E-state index in [2.05, 4.69) is 63.8 Å². The number of rotatable bonds is 5. The predicted molar refractivity (Wildman–Crippen MR) is 135 cm³/mol. The average molecular weight is 461 g/mol. The standard InChI is InChI=1S/C27H36N6O/c1-17-10-26(29-30-27(17)23-4-5-25-24(18(23)2)16-32(3)31-25)28-22-11-20-14-33(15-21(20)12-22)13-19-6-8-34-9-7-19/h4-5,10,16,19-22H,6-9,11-15H2,1-3H3,(H,28,29)/t20-,21?,22?/m1/s1. The number of ether oxygens (including phenoxy) is 1. The van der Waals surface area contributed by atoms with Gasteiger partial charge in [-0.3, -0.25) is 4.68 Å². The van der Waals surface area contributed by atoms with E-state index in [1.165, 1.54) is 56.3 Å². The van der Waals surface area contributed by atoms with Crippen molar-refractivity contribution in [1.82, 2.24) is 24.9 Å². The van der Waals surface area contributed by atoms with Gasteiger partial charge in [-0.05, 0) is 80.5 Å². The third-order valence-corrected chi connectivity index (χ3v) is 8.35. The molecular weight excluding hydrogens is 424 g/mol. The largest absolute Gasteiger partial charge is 0.381 e. The van der Waals surface area contributed by atoms with Crippen LogP contribution in [0.5, 0.6) is 0 Å². The Balaban J connectivity index is 1.09. The second-order valence-corrected chi connectivity index (χ2v) is 10.8. The molecule has 1 aromatic carbocycles. The third-order valence-electron chi connectivity index (χ3n) is 8.35. The number of benzene rings is 1. The first kappa shape index (κ1) is 22.0. The van der Waals surface area contributed by atoms with Crippen molar-refractivity contribution in [3.8, 4) is 11.3 Å². The van der Waals surface area contributed by atoms with Crippen LogP contribution in [0.3, 0.4) is 0 Å². The monoisotopic (exact) mass is 460 g/mol. The Morgan fingerprint density at radius 3 is 2.56 bits per heavy atom. The quantitative estimate of drug-likeness (QED) is 0.616. The molecule has 7 nitrogen and oxygen atoms in total. The van der Waals surface area contributed by atoms with Crippen molar-refractivity contribution in [1.29, 1.82) is 0 Å². The summed E-state index contributed by atoms with van der Waals surface area (Å²) in [5.41, 5.74) is 5.48. The fourth-order valence-electron chi connectivity index (χ4n) is 6.60. The molecule has 2 aromatic heterocycles. The molecule has 0 spiro atoms. The summed E-state index contributed by atoms with van der Waals surface area (Å²) >= 11 is 0. The third kappa shape index (κ3) is 4.20. The van der Waals surface area contributed by atoms with Gasteiger partial charge < -0.3 is 15.0 Å². The van der Waals surface area contributed by atoms with Gasteiger partial charge in [0.1, 0.15) is 5.82 Å². The van der Waals surface area contributed by atoms with Gasteiger partial charge in [-0.1, -0.05) is 6.07 Å². The normalized spacial score (nSPS) is 25.8. The van der Waals surface area contributed by atoms with Crippen LogP contribution in [0.15, 0.2) is 24.4 Å². The summed E-state index contributed by atoms with van der Waals surface area (Å²) in [6, 6.07) is 6.88. The van der Waals surface area contributed by atoms with E-state index >= 15 is 0 Å². The van der Waals surface area contributed by atoms with Crippen molar-refractivity contribution < 1.29 is 4.74 Å². The topological polar surface area (TPSA) is 68.1 Å². The first-order valence-electron chi connectivity index (χ1n) is 12.9. The summed E-state index contributed by atoms with van der Waals surface area (Å²) in [5.74, 6) is 3.38. The van der Waals surface area contributed by atoms with E-state index in [1.54, 1.807) is 0 Å². The van der Waals surface area contributed by atoms with Gasteiger partial charge in [-0.25, -0.2) is 0 Å². The molecule has 2 aliphatic heterocycles. The molecule has 1 saturated carbocycles. The summed E-state index contributed by atoms with van der Waals surface area (Å²) in [5, 5.41) is 18.7. The summed E-state index contributed by atoms with van der Waals surface area (Å²) in [6.07, 6.45) is 7.04. The summed E-state index contributed by atoms with van der Waals surface area (Å²) in [7, 11) is 1.96. The highest BCUT2D eigenvalue weighted by molar-refractivity contribution is 5.88. The van der Waals surface area contributed by atoms with Crippen molar-refractivity contribution in [2.75, 3.05) is 38.2 Å². The number of nitrogens with zero attached hydrogens (tertiary/aromatic N) is 5. The number of aryl methyl sites for hydroxylation is 3. The minimum atomic E-state index is 0.508. The number of aromatic nitrogens is 4. The lowest BCUT2D eigenvalue weighted by molar-refractivity contribution is 0.0545. The van der Waals surface area contributed by atoms with Crippen LogP contribution in [0.2, 0.25) is 0 Å². The molecule has 3 fully saturated rings. The molecule has 7 heteroatoms. The van der Waals surface area contributed by atoms with E-state index in [1.807, 2.05) is 11.7 Å². The van der Waals surface area contributed by atoms with Crippen molar-refractivity contribution in [3.05, 3.63) is 35.5 Å². The lowest BCUT2D eigenvalue weighted by Gasteiger charge is -2.27. The Morgan fingerprint density at radius 1 is 1.06 bits per heavy atom. The minimum Gasteiger partial charge on any atom is -0.381 e. The maximum atomic E-state index is 5.53. The molecular formula is C27H36N6O. The second-order valence-electron chi connectivity index (χ2n) is 10.8. The zero-order valence-electron chi connectivity index (χ0n) is 20.6. The molecule has 2 unspecified atom stereocenters. The molecule has 3 aromatic rings. The number of anilines is 1. The molecule has 6 rings (SSSR count). The van der Waals surface area contributed by atoms with Gasteiger partial charge in [0.2, 0.25) is 0 Å². The highest BCUT2D eigenvalue weighted by atomic mass is 16.5. The Morgan fingerprint density at radius 2 is 1.82 bits per heavy atom. The zero-order chi connectivity index (χ0) is 23.2. The molecule has 4 heterocycles. The van der Waals surface area contributed by atoms with Crippen LogP contribution in [0.25, 0.3) is 22.2 Å². The number of nitrogens with one attached hydrogen (secondary N) is 1. The molecule has 0 radical (unpaired) electrons. The molecule has 1 aliphatic carbocycles. The van der Waals surface area contributed by atoms with E-state index in [-0.39, 0.29) is 0 Å². The molecule has 0 amide bonds. The first-order chi connectivity index (χ1) is 16.5. The van der Waals surface area contributed by atoms with Gasteiger partial charge in [0.25, 0.3) is 0 Å². The van der Waals surface area contributed by atoms with Crippen LogP contribution in [-0.2, 0) is 11.8 Å². The fourth-order valence-corrected chi connectivity index (χ4v) is 6.60. The maximum Gasteiger partial charge on any atom is 0.149 e. The Kier molecular flexibility index (Phi) is 5.77. The number of fused-ring (bicyclic) bond motifs is 2.